The van der Waals surface area contributed by atoms with Gasteiger partial charge in [-0.1, -0.05) is 18.2 Å². The number of hydrogen-bond acceptors (Lipinski definition) is 5. The SMILES string of the molecule is O=C(Nc1ccccc1)Nc1cc(N[C@H]2CC[C@H](NC(=O)O)CC2)nn2ccnc12. The lowest BCUT2D eigenvalue weighted by atomic mass is 9.91. The van der Waals surface area contributed by atoms with Crippen LogP contribution in [0, 0.1) is 0 Å². The number of hydrogen-bond donors (Lipinski definition) is 5. The minimum absolute atomic E-state index is 0.0106. The van der Waals surface area contributed by atoms with Gasteiger partial charge in [-0.3, -0.25) is 0 Å². The summed E-state index contributed by atoms with van der Waals surface area (Å²) in [5.74, 6) is 0.616. The molecule has 3 aromatic rings. The summed E-state index contributed by atoms with van der Waals surface area (Å²) in [5.41, 5.74) is 1.76. The number of rotatable bonds is 5. The minimum Gasteiger partial charge on any atom is -0.465 e. The number of carbonyl (C=O) groups excluding carboxylic acids is 1. The molecule has 0 aliphatic heterocycles. The molecule has 30 heavy (non-hydrogen) atoms. The van der Waals surface area contributed by atoms with E-state index in [-0.39, 0.29) is 18.1 Å². The Bertz CT molecular complexity index is 1030. The smallest absolute Gasteiger partial charge is 0.404 e. The fourth-order valence-electron chi connectivity index (χ4n) is 3.65. The molecule has 156 valence electrons. The maximum atomic E-state index is 12.4. The summed E-state index contributed by atoms with van der Waals surface area (Å²) in [4.78, 5) is 27.5. The van der Waals surface area contributed by atoms with Gasteiger partial charge in [-0.15, -0.1) is 5.10 Å². The van der Waals surface area contributed by atoms with Crippen LogP contribution in [0.4, 0.5) is 26.8 Å². The predicted molar refractivity (Wildman–Crippen MR) is 113 cm³/mol. The molecule has 3 amide bonds. The van der Waals surface area contributed by atoms with E-state index in [1.807, 2.05) is 18.2 Å². The zero-order chi connectivity index (χ0) is 20.9. The Morgan fingerprint density at radius 1 is 1.03 bits per heavy atom. The fourth-order valence-corrected chi connectivity index (χ4v) is 3.65. The lowest BCUT2D eigenvalue weighted by Gasteiger charge is -2.29. The number of para-hydroxylation sites is 1. The molecule has 0 saturated heterocycles. The summed E-state index contributed by atoms with van der Waals surface area (Å²) >= 11 is 0. The molecule has 2 aromatic heterocycles. The molecule has 1 fully saturated rings. The number of anilines is 3. The number of nitrogens with one attached hydrogen (secondary N) is 4. The van der Waals surface area contributed by atoms with Gasteiger partial charge < -0.3 is 26.4 Å². The predicted octanol–water partition coefficient (Wildman–Crippen LogP) is 3.36. The molecule has 10 nitrogen and oxygen atoms in total. The van der Waals surface area contributed by atoms with Crippen LogP contribution in [0.1, 0.15) is 25.7 Å². The van der Waals surface area contributed by atoms with Gasteiger partial charge >= 0.3 is 12.1 Å². The normalized spacial score (nSPS) is 18.5. The van der Waals surface area contributed by atoms with Crippen LogP contribution in [0.5, 0.6) is 0 Å². The second-order valence-electron chi connectivity index (χ2n) is 7.23. The minimum atomic E-state index is -0.983. The average Bonchev–Trinajstić information content (AvgIpc) is 3.19. The van der Waals surface area contributed by atoms with Crippen molar-refractivity contribution in [2.24, 2.45) is 0 Å². The third-order valence-corrected chi connectivity index (χ3v) is 5.05. The Labute approximate surface area is 172 Å². The van der Waals surface area contributed by atoms with Gasteiger partial charge in [-0.05, 0) is 37.8 Å². The highest BCUT2D eigenvalue weighted by atomic mass is 16.4. The zero-order valence-electron chi connectivity index (χ0n) is 16.2. The molecule has 1 saturated carbocycles. The van der Waals surface area contributed by atoms with Crippen LogP contribution in [-0.2, 0) is 0 Å². The zero-order valence-corrected chi connectivity index (χ0v) is 16.2. The van der Waals surface area contributed by atoms with Crippen LogP contribution in [0.3, 0.4) is 0 Å². The first-order valence-electron chi connectivity index (χ1n) is 9.80. The summed E-state index contributed by atoms with van der Waals surface area (Å²) in [5, 5.41) is 24.9. The molecule has 0 bridgehead atoms. The van der Waals surface area contributed by atoms with E-state index < -0.39 is 6.09 Å². The van der Waals surface area contributed by atoms with E-state index in [0.29, 0.717) is 22.8 Å². The number of benzene rings is 1. The average molecular weight is 409 g/mol. The molecule has 4 rings (SSSR count). The molecule has 1 aromatic carbocycles. The monoisotopic (exact) mass is 409 g/mol. The van der Waals surface area contributed by atoms with Crippen LogP contribution in [0.15, 0.2) is 48.8 Å². The Morgan fingerprint density at radius 2 is 1.77 bits per heavy atom. The van der Waals surface area contributed by atoms with Crippen molar-refractivity contribution in [3.8, 4) is 0 Å². The largest absolute Gasteiger partial charge is 0.465 e. The lowest BCUT2D eigenvalue weighted by molar-refractivity contribution is 0.185. The number of imidazole rings is 1. The van der Waals surface area contributed by atoms with Crippen molar-refractivity contribution in [3.05, 3.63) is 48.8 Å². The van der Waals surface area contributed by atoms with Crippen LogP contribution in [-0.4, -0.2) is 43.9 Å². The van der Waals surface area contributed by atoms with Crippen LogP contribution >= 0.6 is 0 Å². The molecule has 0 unspecified atom stereocenters. The highest BCUT2D eigenvalue weighted by molar-refractivity contribution is 6.02. The van der Waals surface area contributed by atoms with Crippen LogP contribution in [0.25, 0.3) is 5.65 Å². The Morgan fingerprint density at radius 3 is 2.50 bits per heavy atom. The van der Waals surface area contributed by atoms with Crippen molar-refractivity contribution in [1.29, 1.82) is 0 Å². The summed E-state index contributed by atoms with van der Waals surface area (Å²) < 4.78 is 1.61. The van der Waals surface area contributed by atoms with Crippen molar-refractivity contribution < 1.29 is 14.7 Å². The summed E-state index contributed by atoms with van der Waals surface area (Å²) in [6, 6.07) is 10.7. The first-order valence-corrected chi connectivity index (χ1v) is 9.80. The Hall–Kier alpha value is -3.82. The van der Waals surface area contributed by atoms with Gasteiger partial charge in [-0.25, -0.2) is 19.1 Å². The van der Waals surface area contributed by atoms with Crippen molar-refractivity contribution >= 4 is 35.0 Å². The summed E-state index contributed by atoms with van der Waals surface area (Å²) in [6.07, 6.45) is 5.54. The van der Waals surface area contributed by atoms with Gasteiger partial charge in [0, 0.05) is 36.2 Å². The standard InChI is InChI=1S/C20H23N7O3/c28-19(23-13-4-2-1-3-5-13)25-16-12-17(26-27-11-10-21-18(16)27)22-14-6-8-15(9-7-14)24-20(29)30/h1-5,10-12,14-15,24H,6-9H2,(H,22,26)(H,29,30)(H2,23,25,28)/t14-,15-. The number of fused-ring (bicyclic) bond motifs is 1. The van der Waals surface area contributed by atoms with E-state index in [0.717, 1.165) is 25.7 Å². The Kier molecular flexibility index (Phi) is 5.64. The number of amides is 3. The van der Waals surface area contributed by atoms with E-state index in [1.165, 1.54) is 0 Å². The third-order valence-electron chi connectivity index (χ3n) is 5.05. The van der Waals surface area contributed by atoms with Gasteiger partial charge in [-0.2, -0.15) is 0 Å². The maximum Gasteiger partial charge on any atom is 0.404 e. The highest BCUT2D eigenvalue weighted by Crippen LogP contribution is 2.24. The summed E-state index contributed by atoms with van der Waals surface area (Å²) in [6.45, 7) is 0. The van der Waals surface area contributed by atoms with Gasteiger partial charge in [0.15, 0.2) is 5.65 Å². The second kappa shape index (κ2) is 8.68. The highest BCUT2D eigenvalue weighted by Gasteiger charge is 2.23. The maximum absolute atomic E-state index is 12.4. The summed E-state index contributed by atoms with van der Waals surface area (Å²) in [7, 11) is 0. The van der Waals surface area contributed by atoms with E-state index in [2.05, 4.69) is 31.3 Å². The molecule has 2 heterocycles. The van der Waals surface area contributed by atoms with E-state index in [1.54, 1.807) is 35.1 Å². The number of urea groups is 1. The molecule has 1 aliphatic rings. The van der Waals surface area contributed by atoms with Gasteiger partial charge in [0.1, 0.15) is 5.82 Å². The number of aromatic nitrogens is 3. The number of carbonyl (C=O) groups is 2. The van der Waals surface area contributed by atoms with E-state index in [4.69, 9.17) is 5.11 Å². The molecular formula is C20H23N7O3. The van der Waals surface area contributed by atoms with E-state index >= 15 is 0 Å². The first kappa shape index (κ1) is 19.5. The van der Waals surface area contributed by atoms with Crippen molar-refractivity contribution in [2.75, 3.05) is 16.0 Å². The number of nitrogens with zero attached hydrogens (tertiary/aromatic N) is 3. The quantitative estimate of drug-likeness (QED) is 0.439. The second-order valence-corrected chi connectivity index (χ2v) is 7.23. The molecule has 1 aliphatic carbocycles. The molecule has 10 heteroatoms. The van der Waals surface area contributed by atoms with E-state index in [9.17, 15) is 9.59 Å². The van der Waals surface area contributed by atoms with Crippen molar-refractivity contribution in [1.82, 2.24) is 19.9 Å². The molecule has 0 radical (unpaired) electrons. The van der Waals surface area contributed by atoms with Crippen molar-refractivity contribution in [2.45, 2.75) is 37.8 Å². The molecule has 0 spiro atoms. The topological polar surface area (TPSA) is 133 Å². The van der Waals surface area contributed by atoms with Crippen LogP contribution in [0.2, 0.25) is 0 Å². The fraction of sp³-hybridized carbons (Fsp3) is 0.300. The van der Waals surface area contributed by atoms with Gasteiger partial charge in [0.05, 0.1) is 5.69 Å². The first-order chi connectivity index (χ1) is 14.6. The number of carboxylic acid groups (broad SMARTS) is 1. The lowest BCUT2D eigenvalue weighted by Crippen LogP contribution is -2.39. The molecule has 5 N–H and O–H groups in total. The third kappa shape index (κ3) is 4.77. The van der Waals surface area contributed by atoms with Gasteiger partial charge in [0.2, 0.25) is 0 Å². The van der Waals surface area contributed by atoms with Gasteiger partial charge in [0.25, 0.3) is 0 Å². The van der Waals surface area contributed by atoms with Crippen LogP contribution < -0.4 is 21.3 Å². The molecular weight excluding hydrogens is 386 g/mol. The molecule has 0 atom stereocenters. The van der Waals surface area contributed by atoms with Crippen molar-refractivity contribution in [3.63, 3.8) is 0 Å². The Balaban J connectivity index is 1.44.